The van der Waals surface area contributed by atoms with Crippen molar-refractivity contribution in [3.8, 4) is 28.0 Å². The van der Waals surface area contributed by atoms with Crippen molar-refractivity contribution in [1.29, 1.82) is 0 Å². The number of hydrogen-bond acceptors (Lipinski definition) is 8. The summed E-state index contributed by atoms with van der Waals surface area (Å²) in [5.74, 6) is 0.0324. The van der Waals surface area contributed by atoms with Crippen molar-refractivity contribution in [3.05, 3.63) is 90.0 Å². The fourth-order valence-electron chi connectivity index (χ4n) is 4.16. The minimum Gasteiger partial charge on any atom is -0.495 e. The third-order valence-electron chi connectivity index (χ3n) is 5.94. The van der Waals surface area contributed by atoms with Gasteiger partial charge in [0.15, 0.2) is 0 Å². The number of carbonyl (C=O) groups excluding carboxylic acids is 2. The maximum atomic E-state index is 13.2. The highest BCUT2D eigenvalue weighted by Gasteiger charge is 2.26. The smallest absolute Gasteiger partial charge is 0.417 e. The van der Waals surface area contributed by atoms with Crippen LogP contribution in [0.4, 0.5) is 10.7 Å². The molecule has 0 aliphatic rings. The van der Waals surface area contributed by atoms with Crippen molar-refractivity contribution < 1.29 is 23.8 Å². The van der Waals surface area contributed by atoms with Gasteiger partial charge in [-0.1, -0.05) is 29.8 Å². The van der Waals surface area contributed by atoms with Gasteiger partial charge in [0.25, 0.3) is 0 Å². The van der Waals surface area contributed by atoms with Gasteiger partial charge in [0.05, 0.1) is 20.8 Å². The third-order valence-corrected chi connectivity index (χ3v) is 5.94. The summed E-state index contributed by atoms with van der Waals surface area (Å²) in [6.07, 6.45) is 5.98. The SMILES string of the molecule is COC(=O)c1cc(-c2cnc(N(Cc3cccc(C)c3)C(=O)OC(C)(C)C)nc2)cc(-c2ccncc2)c1OC. The fourth-order valence-corrected chi connectivity index (χ4v) is 4.16. The van der Waals surface area contributed by atoms with Gasteiger partial charge in [-0.05, 0) is 68.7 Å². The molecule has 9 nitrogen and oxygen atoms in total. The van der Waals surface area contributed by atoms with Crippen LogP contribution in [0.25, 0.3) is 22.3 Å². The van der Waals surface area contributed by atoms with E-state index in [1.54, 1.807) is 30.9 Å². The molecule has 0 atom stereocenters. The van der Waals surface area contributed by atoms with E-state index < -0.39 is 17.7 Å². The van der Waals surface area contributed by atoms with Gasteiger partial charge in [-0.15, -0.1) is 0 Å². The first-order valence-corrected chi connectivity index (χ1v) is 12.7. The maximum Gasteiger partial charge on any atom is 0.417 e. The van der Waals surface area contributed by atoms with E-state index in [2.05, 4.69) is 15.0 Å². The lowest BCUT2D eigenvalue weighted by Gasteiger charge is -2.26. The van der Waals surface area contributed by atoms with E-state index in [1.807, 2.05) is 70.2 Å². The van der Waals surface area contributed by atoms with Crippen LogP contribution in [-0.2, 0) is 16.0 Å². The lowest BCUT2D eigenvalue weighted by Crippen LogP contribution is -2.37. The van der Waals surface area contributed by atoms with Crippen LogP contribution in [0.15, 0.2) is 73.3 Å². The van der Waals surface area contributed by atoms with E-state index in [9.17, 15) is 9.59 Å². The van der Waals surface area contributed by atoms with Gasteiger partial charge in [-0.3, -0.25) is 4.98 Å². The fraction of sp³-hybridized carbons (Fsp3) is 0.258. The van der Waals surface area contributed by atoms with Crippen molar-refractivity contribution >= 4 is 18.0 Å². The normalized spacial score (nSPS) is 11.1. The Kier molecular flexibility index (Phi) is 8.43. The van der Waals surface area contributed by atoms with Crippen molar-refractivity contribution in [2.75, 3.05) is 19.1 Å². The van der Waals surface area contributed by atoms with Crippen molar-refractivity contribution in [2.45, 2.75) is 39.8 Å². The Bertz CT molecular complexity index is 1500. The van der Waals surface area contributed by atoms with Crippen LogP contribution in [0.3, 0.4) is 0 Å². The van der Waals surface area contributed by atoms with Crippen molar-refractivity contribution in [1.82, 2.24) is 15.0 Å². The molecule has 0 fully saturated rings. The number of aryl methyl sites for hydroxylation is 1. The number of methoxy groups -OCH3 is 2. The van der Waals surface area contributed by atoms with Crippen LogP contribution in [0, 0.1) is 6.92 Å². The minimum atomic E-state index is -0.696. The molecule has 0 spiro atoms. The molecule has 2 aromatic carbocycles. The van der Waals surface area contributed by atoms with Gasteiger partial charge in [0, 0.05) is 35.9 Å². The summed E-state index contributed by atoms with van der Waals surface area (Å²) in [7, 11) is 2.82. The minimum absolute atomic E-state index is 0.190. The monoisotopic (exact) mass is 540 g/mol. The molecule has 0 unspecified atom stereocenters. The highest BCUT2D eigenvalue weighted by Crippen LogP contribution is 2.38. The van der Waals surface area contributed by atoms with Crippen molar-refractivity contribution in [3.63, 3.8) is 0 Å². The lowest BCUT2D eigenvalue weighted by atomic mass is 9.96. The van der Waals surface area contributed by atoms with Gasteiger partial charge >= 0.3 is 12.1 Å². The molecular weight excluding hydrogens is 508 g/mol. The molecule has 2 heterocycles. The van der Waals surface area contributed by atoms with Crippen LogP contribution in [-0.4, -0.2) is 46.8 Å². The molecule has 0 saturated heterocycles. The lowest BCUT2D eigenvalue weighted by molar-refractivity contribution is 0.0571. The van der Waals surface area contributed by atoms with E-state index in [0.29, 0.717) is 22.4 Å². The summed E-state index contributed by atoms with van der Waals surface area (Å²) in [5, 5.41) is 0. The zero-order valence-corrected chi connectivity index (χ0v) is 23.5. The third kappa shape index (κ3) is 6.61. The van der Waals surface area contributed by atoms with E-state index in [0.717, 1.165) is 16.7 Å². The predicted octanol–water partition coefficient (Wildman–Crippen LogP) is 6.25. The summed E-state index contributed by atoms with van der Waals surface area (Å²) in [6.45, 7) is 7.65. The zero-order chi connectivity index (χ0) is 28.9. The standard InChI is InChI=1S/C31H32N4O5/c1-20-8-7-9-21(14-20)19-35(30(37)40-31(2,3)4)29-33-17-24(18-34-29)23-15-25(22-10-12-32-13-11-22)27(38-5)26(16-23)28(36)39-6/h7-18H,19H2,1-6H3. The van der Waals surface area contributed by atoms with E-state index in [-0.39, 0.29) is 18.1 Å². The topological polar surface area (TPSA) is 104 Å². The summed E-state index contributed by atoms with van der Waals surface area (Å²) in [5.41, 5.74) is 4.34. The molecular formula is C31H32N4O5. The number of carbonyl (C=O) groups is 2. The molecule has 0 bridgehead atoms. The average Bonchev–Trinajstić information content (AvgIpc) is 2.94. The summed E-state index contributed by atoms with van der Waals surface area (Å²) >= 11 is 0. The van der Waals surface area contributed by atoms with Crippen LogP contribution in [0.5, 0.6) is 5.75 Å². The number of aromatic nitrogens is 3. The first kappa shape index (κ1) is 28.2. The average molecular weight is 541 g/mol. The Hall–Kier alpha value is -4.79. The molecule has 206 valence electrons. The summed E-state index contributed by atoms with van der Waals surface area (Å²) < 4.78 is 16.3. The Morgan fingerprint density at radius 1 is 0.900 bits per heavy atom. The predicted molar refractivity (Wildman–Crippen MR) is 152 cm³/mol. The van der Waals surface area contributed by atoms with Gasteiger partial charge in [-0.25, -0.2) is 24.5 Å². The van der Waals surface area contributed by atoms with Gasteiger partial charge < -0.3 is 14.2 Å². The van der Waals surface area contributed by atoms with Crippen LogP contribution >= 0.6 is 0 Å². The van der Waals surface area contributed by atoms with Crippen LogP contribution in [0.2, 0.25) is 0 Å². The van der Waals surface area contributed by atoms with Crippen LogP contribution in [0.1, 0.15) is 42.3 Å². The summed E-state index contributed by atoms with van der Waals surface area (Å²) in [6, 6.07) is 15.1. The quantitative estimate of drug-likeness (QED) is 0.253. The molecule has 0 aliphatic heterocycles. The maximum absolute atomic E-state index is 13.2. The highest BCUT2D eigenvalue weighted by molar-refractivity contribution is 5.98. The molecule has 9 heteroatoms. The van der Waals surface area contributed by atoms with Gasteiger partial charge in [0.1, 0.15) is 16.9 Å². The molecule has 1 amide bonds. The van der Waals surface area contributed by atoms with Gasteiger partial charge in [0.2, 0.25) is 5.95 Å². The highest BCUT2D eigenvalue weighted by atomic mass is 16.6. The van der Waals surface area contributed by atoms with Gasteiger partial charge in [-0.2, -0.15) is 0 Å². The molecule has 4 aromatic rings. The molecule has 0 aliphatic carbocycles. The first-order chi connectivity index (χ1) is 19.1. The largest absolute Gasteiger partial charge is 0.495 e. The number of pyridine rings is 1. The zero-order valence-electron chi connectivity index (χ0n) is 23.5. The number of esters is 1. The van der Waals surface area contributed by atoms with E-state index in [1.165, 1.54) is 19.1 Å². The Morgan fingerprint density at radius 2 is 1.60 bits per heavy atom. The van der Waals surface area contributed by atoms with Crippen molar-refractivity contribution in [2.24, 2.45) is 0 Å². The second kappa shape index (κ2) is 11.9. The number of hydrogen-bond donors (Lipinski definition) is 0. The molecule has 0 radical (unpaired) electrons. The molecule has 2 aromatic heterocycles. The Morgan fingerprint density at radius 3 is 2.20 bits per heavy atom. The Balaban J connectivity index is 1.76. The number of anilines is 1. The number of amides is 1. The second-order valence-corrected chi connectivity index (χ2v) is 10.2. The number of nitrogens with zero attached hydrogens (tertiary/aromatic N) is 4. The molecule has 4 rings (SSSR count). The summed E-state index contributed by atoms with van der Waals surface area (Å²) in [4.78, 5) is 40.4. The van der Waals surface area contributed by atoms with Crippen LogP contribution < -0.4 is 9.64 Å². The number of benzene rings is 2. The molecule has 0 N–H and O–H groups in total. The van der Waals surface area contributed by atoms with E-state index >= 15 is 0 Å². The van der Waals surface area contributed by atoms with E-state index in [4.69, 9.17) is 14.2 Å². The number of ether oxygens (including phenoxy) is 3. The first-order valence-electron chi connectivity index (χ1n) is 12.7. The number of rotatable bonds is 7. The Labute approximate surface area is 233 Å². The molecule has 0 saturated carbocycles. The second-order valence-electron chi connectivity index (χ2n) is 10.2. The molecule has 40 heavy (non-hydrogen) atoms.